The lowest BCUT2D eigenvalue weighted by molar-refractivity contribution is 0.299. The molecule has 2 aromatic carbocycles. The summed E-state index contributed by atoms with van der Waals surface area (Å²) in [4.78, 5) is 0. The Labute approximate surface area is 110 Å². The van der Waals surface area contributed by atoms with E-state index >= 15 is 0 Å². The van der Waals surface area contributed by atoms with E-state index in [0.29, 0.717) is 0 Å². The molecule has 0 bridgehead atoms. The molecule has 2 rings (SSSR count). The fourth-order valence-electron chi connectivity index (χ4n) is 1.91. The van der Waals surface area contributed by atoms with Crippen molar-refractivity contribution in [3.8, 4) is 0 Å². The zero-order valence-corrected chi connectivity index (χ0v) is 11.3. The van der Waals surface area contributed by atoms with Crippen LogP contribution in [0.5, 0.6) is 0 Å². The Kier molecular flexibility index (Phi) is 6.82. The Hall–Kier alpha value is -1.60. The number of benzene rings is 2. The summed E-state index contributed by atoms with van der Waals surface area (Å²) in [7, 11) is 0. The third kappa shape index (κ3) is 4.34. The lowest BCUT2D eigenvalue weighted by Crippen LogP contribution is -1.98. The molecule has 18 heavy (non-hydrogen) atoms. The molecule has 0 saturated heterocycles. The van der Waals surface area contributed by atoms with Gasteiger partial charge in [-0.3, -0.25) is 0 Å². The number of hydrogen-bond donors (Lipinski definition) is 1. The van der Waals surface area contributed by atoms with Crippen molar-refractivity contribution < 1.29 is 5.11 Å². The van der Waals surface area contributed by atoms with E-state index in [4.69, 9.17) is 5.11 Å². The second kappa shape index (κ2) is 8.48. The third-order valence-corrected chi connectivity index (χ3v) is 2.74. The summed E-state index contributed by atoms with van der Waals surface area (Å²) in [5, 5.41) is 9.01. The largest absolute Gasteiger partial charge is 0.396 e. The molecule has 0 atom stereocenters. The molecule has 1 N–H and O–H groups in total. The van der Waals surface area contributed by atoms with Crippen LogP contribution in [0.4, 0.5) is 0 Å². The van der Waals surface area contributed by atoms with Crippen LogP contribution < -0.4 is 0 Å². The predicted octanol–water partition coefficient (Wildman–Crippen LogP) is 3.84. The minimum absolute atomic E-state index is 0.214. The molecule has 0 aromatic heterocycles. The minimum atomic E-state index is 0.214. The highest BCUT2D eigenvalue weighted by Gasteiger charge is 2.01. The second-order valence-corrected chi connectivity index (χ2v) is 3.90. The molecule has 0 radical (unpaired) electrons. The van der Waals surface area contributed by atoms with Gasteiger partial charge in [-0.15, -0.1) is 0 Å². The van der Waals surface area contributed by atoms with Crippen LogP contribution in [0.2, 0.25) is 0 Å². The van der Waals surface area contributed by atoms with Crippen molar-refractivity contribution in [2.24, 2.45) is 0 Å². The third-order valence-electron chi connectivity index (χ3n) is 2.74. The van der Waals surface area contributed by atoms with Crippen molar-refractivity contribution in [1.29, 1.82) is 0 Å². The van der Waals surface area contributed by atoms with Gasteiger partial charge in [0.15, 0.2) is 0 Å². The van der Waals surface area contributed by atoms with Gasteiger partial charge in [-0.1, -0.05) is 68.4 Å². The predicted molar refractivity (Wildman–Crippen MR) is 77.8 cm³/mol. The van der Waals surface area contributed by atoms with Gasteiger partial charge in [-0.05, 0) is 29.5 Å². The van der Waals surface area contributed by atoms with Crippen LogP contribution in [0.25, 0.3) is 0 Å². The summed E-state index contributed by atoms with van der Waals surface area (Å²) >= 11 is 0. The molecule has 2 aromatic rings. The molecule has 0 amide bonds. The molecule has 0 aliphatic heterocycles. The lowest BCUT2D eigenvalue weighted by Gasteiger charge is -2.08. The van der Waals surface area contributed by atoms with Gasteiger partial charge in [-0.25, -0.2) is 0 Å². The van der Waals surface area contributed by atoms with E-state index in [-0.39, 0.29) is 6.61 Å². The molecule has 96 valence electrons. The first-order chi connectivity index (χ1) is 8.90. The SMILES string of the molecule is CC.OCCc1ccccc1Cc1ccccc1. The number of aliphatic hydroxyl groups excluding tert-OH is 1. The van der Waals surface area contributed by atoms with Crippen molar-refractivity contribution in [3.05, 3.63) is 71.3 Å². The Morgan fingerprint density at radius 1 is 0.778 bits per heavy atom. The summed E-state index contributed by atoms with van der Waals surface area (Å²) in [6, 6.07) is 18.7. The van der Waals surface area contributed by atoms with Crippen molar-refractivity contribution in [1.82, 2.24) is 0 Å². The lowest BCUT2D eigenvalue weighted by atomic mass is 9.98. The molecular formula is C17H22O. The van der Waals surface area contributed by atoms with Crippen molar-refractivity contribution in [2.75, 3.05) is 6.61 Å². The molecule has 0 aliphatic carbocycles. The van der Waals surface area contributed by atoms with Gasteiger partial charge in [-0.2, -0.15) is 0 Å². The maximum Gasteiger partial charge on any atom is 0.0471 e. The van der Waals surface area contributed by atoms with Crippen LogP contribution in [-0.4, -0.2) is 11.7 Å². The summed E-state index contributed by atoms with van der Waals surface area (Å²) in [5.41, 5.74) is 3.87. The van der Waals surface area contributed by atoms with E-state index in [9.17, 15) is 0 Å². The van der Waals surface area contributed by atoms with Gasteiger partial charge in [0.05, 0.1) is 0 Å². The van der Waals surface area contributed by atoms with Crippen LogP contribution in [0.15, 0.2) is 54.6 Å². The highest BCUT2D eigenvalue weighted by molar-refractivity contribution is 5.32. The highest BCUT2D eigenvalue weighted by Crippen LogP contribution is 2.14. The second-order valence-electron chi connectivity index (χ2n) is 3.90. The van der Waals surface area contributed by atoms with Crippen LogP contribution in [0.1, 0.15) is 30.5 Å². The molecule has 1 nitrogen and oxygen atoms in total. The standard InChI is InChI=1S/C15H16O.C2H6/c16-11-10-14-8-4-5-9-15(14)12-13-6-2-1-3-7-13;1-2/h1-9,16H,10-12H2;1-2H3. The van der Waals surface area contributed by atoms with Gasteiger partial charge < -0.3 is 5.11 Å². The van der Waals surface area contributed by atoms with Crippen LogP contribution >= 0.6 is 0 Å². The molecule has 0 saturated carbocycles. The molecular weight excluding hydrogens is 220 g/mol. The Bertz CT molecular complexity index is 434. The number of rotatable bonds is 4. The van der Waals surface area contributed by atoms with Crippen molar-refractivity contribution in [2.45, 2.75) is 26.7 Å². The minimum Gasteiger partial charge on any atom is -0.396 e. The zero-order chi connectivity index (χ0) is 13.2. The van der Waals surface area contributed by atoms with Gasteiger partial charge in [0, 0.05) is 6.61 Å². The summed E-state index contributed by atoms with van der Waals surface area (Å²) in [6.07, 6.45) is 1.68. The van der Waals surface area contributed by atoms with E-state index in [1.54, 1.807) is 0 Å². The molecule has 0 spiro atoms. The van der Waals surface area contributed by atoms with Gasteiger partial charge >= 0.3 is 0 Å². The maximum absolute atomic E-state index is 9.01. The van der Waals surface area contributed by atoms with Crippen molar-refractivity contribution >= 4 is 0 Å². The first-order valence-electron chi connectivity index (χ1n) is 6.61. The average Bonchev–Trinajstić information content (AvgIpc) is 2.45. The summed E-state index contributed by atoms with van der Waals surface area (Å²) in [5.74, 6) is 0. The first kappa shape index (κ1) is 14.5. The zero-order valence-electron chi connectivity index (χ0n) is 11.3. The van der Waals surface area contributed by atoms with Crippen LogP contribution in [0, 0.1) is 0 Å². The topological polar surface area (TPSA) is 20.2 Å². The number of aliphatic hydroxyl groups is 1. The molecule has 0 heterocycles. The monoisotopic (exact) mass is 242 g/mol. The molecule has 0 unspecified atom stereocenters. The molecule has 0 fully saturated rings. The smallest absolute Gasteiger partial charge is 0.0471 e. The Morgan fingerprint density at radius 2 is 1.33 bits per heavy atom. The maximum atomic E-state index is 9.01. The fraction of sp³-hybridized carbons (Fsp3) is 0.294. The average molecular weight is 242 g/mol. The van der Waals surface area contributed by atoms with Gasteiger partial charge in [0.2, 0.25) is 0 Å². The van der Waals surface area contributed by atoms with Crippen LogP contribution in [0.3, 0.4) is 0 Å². The highest BCUT2D eigenvalue weighted by atomic mass is 16.2. The normalized spacial score (nSPS) is 9.50. The first-order valence-corrected chi connectivity index (χ1v) is 6.61. The molecule has 0 aliphatic rings. The Balaban J connectivity index is 0.000000771. The van der Waals surface area contributed by atoms with E-state index in [1.165, 1.54) is 16.7 Å². The fourth-order valence-corrected chi connectivity index (χ4v) is 1.91. The van der Waals surface area contributed by atoms with E-state index in [2.05, 4.69) is 42.5 Å². The quantitative estimate of drug-likeness (QED) is 0.863. The van der Waals surface area contributed by atoms with E-state index in [0.717, 1.165) is 12.8 Å². The summed E-state index contributed by atoms with van der Waals surface area (Å²) < 4.78 is 0. The van der Waals surface area contributed by atoms with E-state index in [1.807, 2.05) is 26.0 Å². The van der Waals surface area contributed by atoms with Gasteiger partial charge in [0.25, 0.3) is 0 Å². The van der Waals surface area contributed by atoms with Crippen molar-refractivity contribution in [3.63, 3.8) is 0 Å². The Morgan fingerprint density at radius 3 is 1.94 bits per heavy atom. The molecule has 1 heteroatoms. The number of hydrogen-bond acceptors (Lipinski definition) is 1. The van der Waals surface area contributed by atoms with Crippen LogP contribution in [-0.2, 0) is 12.8 Å². The van der Waals surface area contributed by atoms with Gasteiger partial charge in [0.1, 0.15) is 0 Å². The van der Waals surface area contributed by atoms with E-state index < -0.39 is 0 Å². The summed E-state index contributed by atoms with van der Waals surface area (Å²) in [6.45, 7) is 4.21.